The summed E-state index contributed by atoms with van der Waals surface area (Å²) in [5, 5.41) is 0.109. The van der Waals surface area contributed by atoms with Crippen LogP contribution in [0.1, 0.15) is 43.0 Å². The summed E-state index contributed by atoms with van der Waals surface area (Å²) >= 11 is 1.22. The van der Waals surface area contributed by atoms with E-state index in [9.17, 15) is 18.0 Å². The van der Waals surface area contributed by atoms with Crippen LogP contribution in [0.4, 0.5) is 0 Å². The van der Waals surface area contributed by atoms with Gasteiger partial charge in [-0.05, 0) is 56.4 Å². The summed E-state index contributed by atoms with van der Waals surface area (Å²) in [5.74, 6) is 0.884. The van der Waals surface area contributed by atoms with E-state index in [1.807, 2.05) is 11.0 Å². The van der Waals surface area contributed by atoms with Crippen molar-refractivity contribution in [3.8, 4) is 0 Å². The van der Waals surface area contributed by atoms with Crippen molar-refractivity contribution >= 4 is 37.5 Å². The molecule has 0 atom stereocenters. The molecular formula is C27H34N4O4S2. The molecule has 8 nitrogen and oxygen atoms in total. The Morgan fingerprint density at radius 3 is 2.41 bits per heavy atom. The second-order valence-electron chi connectivity index (χ2n) is 10.4. The summed E-state index contributed by atoms with van der Waals surface area (Å²) in [6.07, 6.45) is 5.84. The smallest absolute Gasteiger partial charge is 0.263 e. The van der Waals surface area contributed by atoms with E-state index >= 15 is 0 Å². The number of likely N-dealkylation sites (tertiary alicyclic amines) is 1. The van der Waals surface area contributed by atoms with E-state index in [2.05, 4.69) is 36.2 Å². The molecule has 0 saturated carbocycles. The second kappa shape index (κ2) is 10.7. The minimum Gasteiger partial charge on any atom is -0.341 e. The zero-order valence-corrected chi connectivity index (χ0v) is 23.1. The fourth-order valence-electron chi connectivity index (χ4n) is 5.47. The first-order chi connectivity index (χ1) is 17.7. The van der Waals surface area contributed by atoms with Crippen molar-refractivity contribution in [2.24, 2.45) is 11.8 Å². The van der Waals surface area contributed by atoms with Gasteiger partial charge in [0.15, 0.2) is 0 Å². The number of piperidine rings is 2. The lowest BCUT2D eigenvalue weighted by molar-refractivity contribution is -0.133. The summed E-state index contributed by atoms with van der Waals surface area (Å²) in [4.78, 5) is 33.8. The van der Waals surface area contributed by atoms with E-state index in [0.29, 0.717) is 47.7 Å². The van der Waals surface area contributed by atoms with Crippen LogP contribution in [0, 0.1) is 18.8 Å². The molecule has 1 aromatic carbocycles. The van der Waals surface area contributed by atoms with E-state index in [1.54, 1.807) is 6.92 Å². The molecule has 37 heavy (non-hydrogen) atoms. The van der Waals surface area contributed by atoms with Gasteiger partial charge in [0.2, 0.25) is 15.9 Å². The number of benzene rings is 1. The first-order valence-corrected chi connectivity index (χ1v) is 15.3. The number of aryl methyl sites for hydroxylation is 1. The van der Waals surface area contributed by atoms with Crippen molar-refractivity contribution in [2.45, 2.75) is 57.4 Å². The Kier molecular flexibility index (Phi) is 7.51. The van der Waals surface area contributed by atoms with Crippen LogP contribution in [0.5, 0.6) is 0 Å². The Balaban J connectivity index is 1.32. The first kappa shape index (κ1) is 26.1. The van der Waals surface area contributed by atoms with Gasteiger partial charge in [-0.25, -0.2) is 13.4 Å². The Labute approximate surface area is 222 Å². The molecule has 2 aliphatic rings. The van der Waals surface area contributed by atoms with Crippen LogP contribution in [0.15, 0.2) is 46.3 Å². The highest BCUT2D eigenvalue weighted by Crippen LogP contribution is 2.34. The predicted molar refractivity (Wildman–Crippen MR) is 145 cm³/mol. The number of thiophene rings is 1. The summed E-state index contributed by atoms with van der Waals surface area (Å²) in [5.41, 5.74) is 0.847. The Hall–Kier alpha value is -2.56. The fourth-order valence-corrected chi connectivity index (χ4v) is 8.61. The maximum Gasteiger partial charge on any atom is 0.263 e. The number of nitrogens with zero attached hydrogens (tertiary/aromatic N) is 4. The molecular weight excluding hydrogens is 508 g/mol. The summed E-state index contributed by atoms with van der Waals surface area (Å²) < 4.78 is 29.9. The average Bonchev–Trinajstić information content (AvgIpc) is 3.24. The standard InChI is InChI=1S/C27H34N4O4S2/c1-19-8-14-31(15-9-19)37(34,35)25-20(2)36-26-24(25)27(33)30(18-28-26)17-23(32)29-12-10-22(11-13-29)16-21-6-4-3-5-7-21/h3-7,18-19,22H,8-17H2,1-2H3. The van der Waals surface area contributed by atoms with Crippen LogP contribution in [0.3, 0.4) is 0 Å². The quantitative estimate of drug-likeness (QED) is 0.474. The van der Waals surface area contributed by atoms with Crippen molar-refractivity contribution < 1.29 is 13.2 Å². The summed E-state index contributed by atoms with van der Waals surface area (Å²) in [6.45, 7) is 5.93. The number of fused-ring (bicyclic) bond motifs is 1. The van der Waals surface area contributed by atoms with Gasteiger partial charge in [0.25, 0.3) is 5.56 Å². The lowest BCUT2D eigenvalue weighted by Gasteiger charge is -2.32. The number of sulfonamides is 1. The number of carbonyl (C=O) groups excluding carboxylic acids is 1. The van der Waals surface area contributed by atoms with Crippen LogP contribution >= 0.6 is 11.3 Å². The van der Waals surface area contributed by atoms with Crippen LogP contribution in [-0.4, -0.2) is 59.3 Å². The van der Waals surface area contributed by atoms with Gasteiger partial charge >= 0.3 is 0 Å². The third kappa shape index (κ3) is 5.37. The van der Waals surface area contributed by atoms with E-state index in [1.165, 1.54) is 32.1 Å². The van der Waals surface area contributed by atoms with Crippen LogP contribution < -0.4 is 5.56 Å². The van der Waals surface area contributed by atoms with E-state index in [-0.39, 0.29) is 22.7 Å². The second-order valence-corrected chi connectivity index (χ2v) is 13.5. The molecule has 198 valence electrons. The number of aromatic nitrogens is 2. The number of carbonyl (C=O) groups is 1. The third-order valence-electron chi connectivity index (χ3n) is 7.78. The number of hydrogen-bond donors (Lipinski definition) is 0. The van der Waals surface area contributed by atoms with Gasteiger partial charge < -0.3 is 4.90 Å². The largest absolute Gasteiger partial charge is 0.341 e. The van der Waals surface area contributed by atoms with Crippen molar-refractivity contribution in [3.05, 3.63) is 57.5 Å². The Morgan fingerprint density at radius 2 is 1.73 bits per heavy atom. The van der Waals surface area contributed by atoms with Crippen molar-refractivity contribution in [3.63, 3.8) is 0 Å². The van der Waals surface area contributed by atoms with Crippen LogP contribution in [-0.2, 0) is 27.8 Å². The van der Waals surface area contributed by atoms with Crippen LogP contribution in [0.25, 0.3) is 10.2 Å². The van der Waals surface area contributed by atoms with Gasteiger partial charge in [-0.3, -0.25) is 14.2 Å². The molecule has 0 bridgehead atoms. The molecule has 4 heterocycles. The van der Waals surface area contributed by atoms with E-state index in [4.69, 9.17) is 0 Å². The fraction of sp³-hybridized carbons (Fsp3) is 0.519. The van der Waals surface area contributed by atoms with Gasteiger partial charge in [-0.1, -0.05) is 37.3 Å². The molecule has 0 N–H and O–H groups in total. The normalized spacial score (nSPS) is 18.5. The maximum atomic E-state index is 13.6. The summed E-state index contributed by atoms with van der Waals surface area (Å²) in [6, 6.07) is 10.4. The molecule has 0 radical (unpaired) electrons. The molecule has 10 heteroatoms. The SMILES string of the molecule is Cc1sc2ncn(CC(=O)N3CCC(Cc4ccccc4)CC3)c(=O)c2c1S(=O)(=O)N1CCC(C)CC1. The zero-order valence-electron chi connectivity index (χ0n) is 21.4. The summed E-state index contributed by atoms with van der Waals surface area (Å²) in [7, 11) is -3.82. The van der Waals surface area contributed by atoms with E-state index < -0.39 is 15.6 Å². The molecule has 2 fully saturated rings. The molecule has 0 spiro atoms. The van der Waals surface area contributed by atoms with E-state index in [0.717, 1.165) is 32.1 Å². The van der Waals surface area contributed by atoms with Crippen LogP contribution in [0.2, 0.25) is 0 Å². The number of amides is 1. The minimum absolute atomic E-state index is 0.0584. The van der Waals surface area contributed by atoms with Gasteiger partial charge in [-0.15, -0.1) is 11.3 Å². The molecule has 0 unspecified atom stereocenters. The molecule has 2 aromatic heterocycles. The highest BCUT2D eigenvalue weighted by atomic mass is 32.2. The predicted octanol–water partition coefficient (Wildman–Crippen LogP) is 3.67. The molecule has 2 saturated heterocycles. The molecule has 2 aliphatic heterocycles. The van der Waals surface area contributed by atoms with Gasteiger partial charge in [0.05, 0.1) is 11.7 Å². The van der Waals surface area contributed by atoms with Gasteiger partial charge in [-0.2, -0.15) is 4.31 Å². The highest BCUT2D eigenvalue weighted by Gasteiger charge is 2.34. The lowest BCUT2D eigenvalue weighted by atomic mass is 9.90. The Morgan fingerprint density at radius 1 is 1.05 bits per heavy atom. The van der Waals surface area contributed by atoms with Crippen molar-refractivity contribution in [1.29, 1.82) is 0 Å². The highest BCUT2D eigenvalue weighted by molar-refractivity contribution is 7.89. The number of hydrogen-bond acceptors (Lipinski definition) is 6. The maximum absolute atomic E-state index is 13.6. The topological polar surface area (TPSA) is 92.6 Å². The zero-order chi connectivity index (χ0) is 26.2. The monoisotopic (exact) mass is 542 g/mol. The molecule has 1 amide bonds. The average molecular weight is 543 g/mol. The minimum atomic E-state index is -3.82. The van der Waals surface area contributed by atoms with Gasteiger partial charge in [0, 0.05) is 31.1 Å². The number of rotatable bonds is 6. The molecule has 3 aromatic rings. The molecule has 0 aliphatic carbocycles. The van der Waals surface area contributed by atoms with Crippen molar-refractivity contribution in [1.82, 2.24) is 18.8 Å². The Bertz CT molecular complexity index is 1430. The van der Waals surface area contributed by atoms with Gasteiger partial charge in [0.1, 0.15) is 16.3 Å². The molecule has 5 rings (SSSR count). The lowest BCUT2D eigenvalue weighted by Crippen LogP contribution is -2.42. The third-order valence-corrected chi connectivity index (χ3v) is 11.0. The van der Waals surface area contributed by atoms with Crippen molar-refractivity contribution in [2.75, 3.05) is 26.2 Å². The first-order valence-electron chi connectivity index (χ1n) is 13.0.